The molecule has 1 amide bonds. The maximum Gasteiger partial charge on any atom is 0.276 e. The van der Waals surface area contributed by atoms with E-state index in [0.717, 1.165) is 67.1 Å². The monoisotopic (exact) mass is 395 g/mol. The summed E-state index contributed by atoms with van der Waals surface area (Å²) in [5.41, 5.74) is 2.29. The van der Waals surface area contributed by atoms with Crippen LogP contribution < -0.4 is 4.90 Å². The van der Waals surface area contributed by atoms with Gasteiger partial charge in [0.05, 0.1) is 0 Å². The normalized spacial score (nSPS) is 17.5. The van der Waals surface area contributed by atoms with E-state index < -0.39 is 0 Å². The molecule has 1 fully saturated rings. The van der Waals surface area contributed by atoms with E-state index >= 15 is 0 Å². The number of carbonyl (C=O) groups excluding carboxylic acids is 1. The molecule has 9 heteroatoms. The molecule has 1 aliphatic carbocycles. The lowest BCUT2D eigenvalue weighted by Crippen LogP contribution is -2.39. The number of anilines is 1. The quantitative estimate of drug-likeness (QED) is 0.670. The molecule has 0 unspecified atom stereocenters. The summed E-state index contributed by atoms with van der Waals surface area (Å²) < 4.78 is 7.27. The second-order valence-corrected chi connectivity index (χ2v) is 8.12. The van der Waals surface area contributed by atoms with E-state index in [1.165, 1.54) is 0 Å². The van der Waals surface area contributed by atoms with Gasteiger partial charge in [-0.25, -0.2) is 0 Å². The van der Waals surface area contributed by atoms with Crippen molar-refractivity contribution in [2.45, 2.75) is 44.4 Å². The van der Waals surface area contributed by atoms with Gasteiger partial charge in [-0.1, -0.05) is 5.16 Å². The largest absolute Gasteiger partial charge is 0.361 e. The van der Waals surface area contributed by atoms with Crippen LogP contribution in [0.1, 0.15) is 59.2 Å². The molecular formula is C20H25N7O2. The second-order valence-electron chi connectivity index (χ2n) is 8.12. The van der Waals surface area contributed by atoms with Gasteiger partial charge < -0.3 is 14.3 Å². The van der Waals surface area contributed by atoms with Crippen molar-refractivity contribution in [3.05, 3.63) is 35.0 Å². The maximum atomic E-state index is 13.0. The number of likely N-dealkylation sites (tertiary alicyclic amines) is 1. The zero-order valence-electron chi connectivity index (χ0n) is 16.8. The predicted molar refractivity (Wildman–Crippen MR) is 106 cm³/mol. The standard InChI is InChI=1S/C20H25N7O2/c1-25(2)17-8-7-16-21-22-19(27(16)23-17)13-9-11-26(12-10-13)20(28)18-14-5-3-4-6-15(14)29-24-18/h7-8,13H,3-6,9-12H2,1-2H3. The summed E-state index contributed by atoms with van der Waals surface area (Å²) in [5, 5.41) is 17.4. The van der Waals surface area contributed by atoms with Crippen LogP contribution in [0.2, 0.25) is 0 Å². The number of rotatable bonds is 3. The highest BCUT2D eigenvalue weighted by atomic mass is 16.5. The molecule has 5 rings (SSSR count). The summed E-state index contributed by atoms with van der Waals surface area (Å²) in [5.74, 6) is 2.85. The SMILES string of the molecule is CN(C)c1ccc2nnc(C3CCN(C(=O)c4noc5c4CCCC5)CC3)n2n1. The van der Waals surface area contributed by atoms with E-state index in [2.05, 4.69) is 20.5 Å². The van der Waals surface area contributed by atoms with Crippen LogP contribution >= 0.6 is 0 Å². The molecule has 3 aromatic heterocycles. The van der Waals surface area contributed by atoms with Crippen molar-refractivity contribution in [3.8, 4) is 0 Å². The molecule has 29 heavy (non-hydrogen) atoms. The molecule has 0 bridgehead atoms. The third-order valence-electron chi connectivity index (χ3n) is 6.03. The third-order valence-corrected chi connectivity index (χ3v) is 6.03. The Morgan fingerprint density at radius 1 is 1.14 bits per heavy atom. The number of aromatic nitrogens is 5. The Morgan fingerprint density at radius 2 is 1.93 bits per heavy atom. The molecule has 4 heterocycles. The molecule has 0 spiro atoms. The Labute approximate surface area is 168 Å². The minimum Gasteiger partial charge on any atom is -0.361 e. The van der Waals surface area contributed by atoms with Crippen LogP contribution in [-0.4, -0.2) is 63.0 Å². The van der Waals surface area contributed by atoms with Crippen molar-refractivity contribution in [1.82, 2.24) is 29.9 Å². The van der Waals surface area contributed by atoms with Crippen LogP contribution in [-0.2, 0) is 12.8 Å². The van der Waals surface area contributed by atoms with Crippen molar-refractivity contribution >= 4 is 17.4 Å². The topological polar surface area (TPSA) is 92.7 Å². The minimum absolute atomic E-state index is 0.00512. The van der Waals surface area contributed by atoms with E-state index in [9.17, 15) is 4.79 Å². The fraction of sp³-hybridized carbons (Fsp3) is 0.550. The number of nitrogens with zero attached hydrogens (tertiary/aromatic N) is 7. The van der Waals surface area contributed by atoms with Crippen LogP contribution in [0.15, 0.2) is 16.7 Å². The molecule has 1 saturated heterocycles. The first-order valence-electron chi connectivity index (χ1n) is 10.3. The van der Waals surface area contributed by atoms with E-state index in [0.29, 0.717) is 18.8 Å². The summed E-state index contributed by atoms with van der Waals surface area (Å²) in [6.07, 6.45) is 5.65. The van der Waals surface area contributed by atoms with Gasteiger partial charge >= 0.3 is 0 Å². The van der Waals surface area contributed by atoms with Crippen molar-refractivity contribution in [2.75, 3.05) is 32.1 Å². The van der Waals surface area contributed by atoms with Crippen molar-refractivity contribution < 1.29 is 9.32 Å². The van der Waals surface area contributed by atoms with Crippen LogP contribution in [0, 0.1) is 0 Å². The number of amides is 1. The first-order chi connectivity index (χ1) is 14.1. The zero-order valence-corrected chi connectivity index (χ0v) is 16.8. The highest BCUT2D eigenvalue weighted by Gasteiger charge is 2.31. The highest BCUT2D eigenvalue weighted by Crippen LogP contribution is 2.30. The number of piperidine rings is 1. The summed E-state index contributed by atoms with van der Waals surface area (Å²) in [4.78, 5) is 16.9. The Hall–Kier alpha value is -2.97. The first kappa shape index (κ1) is 18.1. The number of aryl methyl sites for hydroxylation is 1. The lowest BCUT2D eigenvalue weighted by atomic mass is 9.94. The van der Waals surface area contributed by atoms with Gasteiger partial charge in [0.2, 0.25) is 0 Å². The maximum absolute atomic E-state index is 13.0. The fourth-order valence-corrected chi connectivity index (χ4v) is 4.33. The average Bonchev–Trinajstić information content (AvgIpc) is 3.37. The van der Waals surface area contributed by atoms with Crippen LogP contribution in [0.3, 0.4) is 0 Å². The molecule has 152 valence electrons. The molecule has 2 aliphatic rings. The van der Waals surface area contributed by atoms with Crippen LogP contribution in [0.25, 0.3) is 5.65 Å². The number of fused-ring (bicyclic) bond motifs is 2. The second kappa shape index (κ2) is 7.13. The van der Waals surface area contributed by atoms with Gasteiger partial charge in [0.25, 0.3) is 5.91 Å². The summed E-state index contributed by atoms with van der Waals surface area (Å²) in [6.45, 7) is 1.35. The fourth-order valence-electron chi connectivity index (χ4n) is 4.33. The number of hydrogen-bond donors (Lipinski definition) is 0. The molecule has 0 aromatic carbocycles. The van der Waals surface area contributed by atoms with E-state index in [-0.39, 0.29) is 11.8 Å². The van der Waals surface area contributed by atoms with Gasteiger partial charge in [-0.3, -0.25) is 4.79 Å². The summed E-state index contributed by atoms with van der Waals surface area (Å²) in [7, 11) is 3.93. The van der Waals surface area contributed by atoms with Gasteiger partial charge in [-0.05, 0) is 44.2 Å². The Morgan fingerprint density at radius 3 is 2.72 bits per heavy atom. The predicted octanol–water partition coefficient (Wildman–Crippen LogP) is 2.08. The van der Waals surface area contributed by atoms with Crippen LogP contribution in [0.4, 0.5) is 5.82 Å². The third kappa shape index (κ3) is 3.14. The van der Waals surface area contributed by atoms with Gasteiger partial charge in [-0.2, -0.15) is 4.52 Å². The molecule has 0 saturated carbocycles. The molecular weight excluding hydrogens is 370 g/mol. The average molecular weight is 395 g/mol. The number of hydrogen-bond acceptors (Lipinski definition) is 7. The van der Waals surface area contributed by atoms with E-state index in [1.54, 1.807) is 0 Å². The van der Waals surface area contributed by atoms with Gasteiger partial charge in [0.1, 0.15) is 11.6 Å². The summed E-state index contributed by atoms with van der Waals surface area (Å²) in [6, 6.07) is 3.87. The number of carbonyl (C=O) groups is 1. The Balaban J connectivity index is 1.32. The molecule has 9 nitrogen and oxygen atoms in total. The van der Waals surface area contributed by atoms with Crippen molar-refractivity contribution in [2.24, 2.45) is 0 Å². The summed E-state index contributed by atoms with van der Waals surface area (Å²) >= 11 is 0. The smallest absolute Gasteiger partial charge is 0.276 e. The zero-order chi connectivity index (χ0) is 20.0. The lowest BCUT2D eigenvalue weighted by Gasteiger charge is -2.30. The molecule has 1 aliphatic heterocycles. The van der Waals surface area contributed by atoms with Gasteiger partial charge in [-0.15, -0.1) is 15.3 Å². The van der Waals surface area contributed by atoms with Crippen molar-refractivity contribution in [1.29, 1.82) is 0 Å². The Bertz CT molecular complexity index is 1050. The van der Waals surface area contributed by atoms with Crippen molar-refractivity contribution in [3.63, 3.8) is 0 Å². The molecule has 0 atom stereocenters. The Kier molecular flexibility index (Phi) is 4.44. The molecule has 0 radical (unpaired) electrons. The highest BCUT2D eigenvalue weighted by molar-refractivity contribution is 5.94. The minimum atomic E-state index is -0.00512. The van der Waals surface area contributed by atoms with E-state index in [4.69, 9.17) is 4.52 Å². The van der Waals surface area contributed by atoms with Gasteiger partial charge in [0, 0.05) is 45.1 Å². The molecule has 3 aromatic rings. The first-order valence-corrected chi connectivity index (χ1v) is 10.3. The van der Waals surface area contributed by atoms with Crippen LogP contribution in [0.5, 0.6) is 0 Å². The lowest BCUT2D eigenvalue weighted by molar-refractivity contribution is 0.0699. The van der Waals surface area contributed by atoms with Gasteiger partial charge in [0.15, 0.2) is 17.2 Å². The molecule has 0 N–H and O–H groups in total. The van der Waals surface area contributed by atoms with E-state index in [1.807, 2.05) is 40.5 Å².